The van der Waals surface area contributed by atoms with E-state index in [1.165, 1.54) is 5.56 Å². The molecule has 1 aliphatic rings. The van der Waals surface area contributed by atoms with Gasteiger partial charge in [0.15, 0.2) is 0 Å². The van der Waals surface area contributed by atoms with E-state index >= 15 is 0 Å². The van der Waals surface area contributed by atoms with E-state index in [0.29, 0.717) is 37.4 Å². The highest BCUT2D eigenvalue weighted by Gasteiger charge is 2.16. The van der Waals surface area contributed by atoms with Gasteiger partial charge in [0.2, 0.25) is 5.91 Å². The van der Waals surface area contributed by atoms with E-state index in [-0.39, 0.29) is 11.8 Å². The summed E-state index contributed by atoms with van der Waals surface area (Å²) in [6, 6.07) is 15.4. The highest BCUT2D eigenvalue weighted by molar-refractivity contribution is 5.94. The molecule has 1 aliphatic heterocycles. The summed E-state index contributed by atoms with van der Waals surface area (Å²) < 4.78 is 5.84. The number of carbonyl (C=O) groups excluding carboxylic acids is 2. The summed E-state index contributed by atoms with van der Waals surface area (Å²) in [6.07, 6.45) is 4.62. The molecule has 2 aromatic rings. The van der Waals surface area contributed by atoms with Gasteiger partial charge in [-0.1, -0.05) is 42.3 Å². The first kappa shape index (κ1) is 20.9. The summed E-state index contributed by atoms with van der Waals surface area (Å²) >= 11 is 0. The molecule has 2 aromatic carbocycles. The summed E-state index contributed by atoms with van der Waals surface area (Å²) in [4.78, 5) is 26.4. The van der Waals surface area contributed by atoms with E-state index in [4.69, 9.17) is 4.74 Å². The smallest absolute Gasteiger partial charge is 0.251 e. The molecule has 29 heavy (non-hydrogen) atoms. The molecule has 0 atom stereocenters. The number of nitrogens with zero attached hydrogens (tertiary/aromatic N) is 1. The molecule has 5 heteroatoms. The van der Waals surface area contributed by atoms with Crippen LogP contribution in [0.2, 0.25) is 0 Å². The van der Waals surface area contributed by atoms with Crippen LogP contribution in [0, 0.1) is 6.92 Å². The van der Waals surface area contributed by atoms with E-state index in [1.807, 2.05) is 29.2 Å². The van der Waals surface area contributed by atoms with Crippen molar-refractivity contribution in [2.75, 3.05) is 19.6 Å². The standard InChI is InChI=1S/C24H30N2O3/c1-19-8-5-9-20(16-19)18-29-22-11-6-10-21(17-22)24(28)25-13-7-15-26-14-4-2-3-12-23(26)27/h5-6,8-11,16-17H,2-4,7,12-15,18H2,1H3,(H,25,28). The molecular weight excluding hydrogens is 364 g/mol. The highest BCUT2D eigenvalue weighted by atomic mass is 16.5. The van der Waals surface area contributed by atoms with Gasteiger partial charge in [0, 0.05) is 31.6 Å². The van der Waals surface area contributed by atoms with Crippen molar-refractivity contribution in [2.24, 2.45) is 0 Å². The lowest BCUT2D eigenvalue weighted by Crippen LogP contribution is -2.34. The molecule has 5 nitrogen and oxygen atoms in total. The zero-order chi connectivity index (χ0) is 20.5. The first-order valence-corrected chi connectivity index (χ1v) is 10.5. The molecule has 0 unspecified atom stereocenters. The molecule has 0 radical (unpaired) electrons. The number of likely N-dealkylation sites (tertiary alicyclic amines) is 1. The maximum atomic E-state index is 12.4. The third kappa shape index (κ3) is 6.63. The van der Waals surface area contributed by atoms with Gasteiger partial charge in [0.05, 0.1) is 0 Å². The molecule has 3 rings (SSSR count). The SMILES string of the molecule is Cc1cccc(COc2cccc(C(=O)NCCCN3CCCCCC3=O)c2)c1. The molecule has 1 N–H and O–H groups in total. The molecule has 0 aliphatic carbocycles. The lowest BCUT2D eigenvalue weighted by molar-refractivity contribution is -0.130. The van der Waals surface area contributed by atoms with Crippen LogP contribution in [0.1, 0.15) is 53.6 Å². The zero-order valence-corrected chi connectivity index (χ0v) is 17.2. The van der Waals surface area contributed by atoms with Gasteiger partial charge in [-0.25, -0.2) is 0 Å². The van der Waals surface area contributed by atoms with Gasteiger partial charge in [0.25, 0.3) is 5.91 Å². The van der Waals surface area contributed by atoms with Gasteiger partial charge >= 0.3 is 0 Å². The van der Waals surface area contributed by atoms with Crippen molar-refractivity contribution in [2.45, 2.75) is 45.6 Å². The van der Waals surface area contributed by atoms with Crippen LogP contribution in [-0.2, 0) is 11.4 Å². The van der Waals surface area contributed by atoms with Gasteiger partial charge in [-0.2, -0.15) is 0 Å². The van der Waals surface area contributed by atoms with Gasteiger partial charge in [-0.05, 0) is 49.9 Å². The number of nitrogens with one attached hydrogen (secondary N) is 1. The first-order chi connectivity index (χ1) is 14.1. The fourth-order valence-corrected chi connectivity index (χ4v) is 3.54. The predicted octanol–water partition coefficient (Wildman–Crippen LogP) is 4.10. The summed E-state index contributed by atoms with van der Waals surface area (Å²) in [7, 11) is 0. The third-order valence-electron chi connectivity index (χ3n) is 5.15. The second-order valence-electron chi connectivity index (χ2n) is 7.61. The number of ether oxygens (including phenoxy) is 1. The number of hydrogen-bond acceptors (Lipinski definition) is 3. The maximum Gasteiger partial charge on any atom is 0.251 e. The van der Waals surface area contributed by atoms with Gasteiger partial charge < -0.3 is 15.0 Å². The second-order valence-corrected chi connectivity index (χ2v) is 7.61. The molecule has 0 saturated carbocycles. The van der Waals surface area contributed by atoms with Crippen LogP contribution < -0.4 is 10.1 Å². The average Bonchev–Trinajstić information content (AvgIpc) is 2.94. The summed E-state index contributed by atoms with van der Waals surface area (Å²) in [5, 5.41) is 2.95. The molecule has 0 aromatic heterocycles. The largest absolute Gasteiger partial charge is 0.489 e. The van der Waals surface area contributed by atoms with Crippen molar-refractivity contribution in [3.63, 3.8) is 0 Å². The van der Waals surface area contributed by atoms with E-state index in [1.54, 1.807) is 12.1 Å². The fourth-order valence-electron chi connectivity index (χ4n) is 3.54. The van der Waals surface area contributed by atoms with Crippen LogP contribution in [0.3, 0.4) is 0 Å². The Kier molecular flexibility index (Phi) is 7.68. The molecule has 1 heterocycles. The zero-order valence-electron chi connectivity index (χ0n) is 17.2. The number of amides is 2. The summed E-state index contributed by atoms with van der Waals surface area (Å²) in [5.74, 6) is 0.801. The predicted molar refractivity (Wildman–Crippen MR) is 114 cm³/mol. The number of aryl methyl sites for hydroxylation is 1. The number of benzene rings is 2. The Hall–Kier alpha value is -2.82. The Morgan fingerprint density at radius 1 is 1.10 bits per heavy atom. The number of hydrogen-bond donors (Lipinski definition) is 1. The molecule has 1 saturated heterocycles. The molecule has 0 spiro atoms. The van der Waals surface area contributed by atoms with E-state index < -0.39 is 0 Å². The Morgan fingerprint density at radius 3 is 2.83 bits per heavy atom. The van der Waals surface area contributed by atoms with Crippen molar-refractivity contribution in [1.82, 2.24) is 10.2 Å². The monoisotopic (exact) mass is 394 g/mol. The van der Waals surface area contributed by atoms with Crippen molar-refractivity contribution in [3.8, 4) is 5.75 Å². The molecular formula is C24H30N2O3. The summed E-state index contributed by atoms with van der Waals surface area (Å²) in [6.45, 7) is 4.62. The number of carbonyl (C=O) groups is 2. The Morgan fingerprint density at radius 2 is 1.97 bits per heavy atom. The third-order valence-corrected chi connectivity index (χ3v) is 5.15. The van der Waals surface area contributed by atoms with Crippen molar-refractivity contribution < 1.29 is 14.3 Å². The first-order valence-electron chi connectivity index (χ1n) is 10.5. The Bertz CT molecular complexity index is 834. The van der Waals surface area contributed by atoms with E-state index in [9.17, 15) is 9.59 Å². The maximum absolute atomic E-state index is 12.4. The Balaban J connectivity index is 1.44. The van der Waals surface area contributed by atoms with Crippen LogP contribution in [0.5, 0.6) is 5.75 Å². The normalized spacial score (nSPS) is 14.4. The van der Waals surface area contributed by atoms with Crippen molar-refractivity contribution in [1.29, 1.82) is 0 Å². The minimum absolute atomic E-state index is 0.117. The minimum atomic E-state index is -0.117. The average molecular weight is 395 g/mol. The molecule has 154 valence electrons. The van der Waals surface area contributed by atoms with Crippen LogP contribution >= 0.6 is 0 Å². The molecule has 2 amide bonds. The van der Waals surface area contributed by atoms with Crippen LogP contribution in [0.25, 0.3) is 0 Å². The highest BCUT2D eigenvalue weighted by Crippen LogP contribution is 2.16. The molecule has 0 bridgehead atoms. The molecule has 1 fully saturated rings. The summed E-state index contributed by atoms with van der Waals surface area (Å²) in [5.41, 5.74) is 2.88. The quantitative estimate of drug-likeness (QED) is 0.686. The Labute approximate surface area is 173 Å². The van der Waals surface area contributed by atoms with Crippen molar-refractivity contribution in [3.05, 3.63) is 65.2 Å². The van der Waals surface area contributed by atoms with Crippen LogP contribution in [0.4, 0.5) is 0 Å². The van der Waals surface area contributed by atoms with Crippen LogP contribution in [-0.4, -0.2) is 36.3 Å². The second kappa shape index (κ2) is 10.6. The van der Waals surface area contributed by atoms with E-state index in [2.05, 4.69) is 24.4 Å². The lowest BCUT2D eigenvalue weighted by atomic mass is 10.1. The van der Waals surface area contributed by atoms with Gasteiger partial charge in [-0.15, -0.1) is 0 Å². The van der Waals surface area contributed by atoms with E-state index in [0.717, 1.165) is 37.8 Å². The fraction of sp³-hybridized carbons (Fsp3) is 0.417. The van der Waals surface area contributed by atoms with Gasteiger partial charge in [0.1, 0.15) is 12.4 Å². The topological polar surface area (TPSA) is 58.6 Å². The van der Waals surface area contributed by atoms with Crippen LogP contribution in [0.15, 0.2) is 48.5 Å². The minimum Gasteiger partial charge on any atom is -0.489 e. The van der Waals surface area contributed by atoms with Crippen molar-refractivity contribution >= 4 is 11.8 Å². The van der Waals surface area contributed by atoms with Gasteiger partial charge in [-0.3, -0.25) is 9.59 Å². The number of rotatable bonds is 8. The lowest BCUT2D eigenvalue weighted by Gasteiger charge is -2.20.